The van der Waals surface area contributed by atoms with Gasteiger partial charge in [-0.05, 0) is 24.3 Å². The van der Waals surface area contributed by atoms with Gasteiger partial charge in [0.15, 0.2) is 11.6 Å². The van der Waals surface area contributed by atoms with Crippen molar-refractivity contribution in [1.82, 2.24) is 4.98 Å². The lowest BCUT2D eigenvalue weighted by Gasteiger charge is -2.14. The van der Waals surface area contributed by atoms with Gasteiger partial charge in [0.2, 0.25) is 0 Å². The molecule has 4 nitrogen and oxygen atoms in total. The molecular formula is C16H19NO3. The second kappa shape index (κ2) is 5.21. The van der Waals surface area contributed by atoms with Crippen LogP contribution in [0.1, 0.15) is 48.0 Å². The van der Waals surface area contributed by atoms with Crippen LogP contribution in [0.2, 0.25) is 0 Å². The highest BCUT2D eigenvalue weighted by molar-refractivity contribution is 6.04. The molecule has 1 heterocycles. The number of carbonyl (C=O) groups is 2. The summed E-state index contributed by atoms with van der Waals surface area (Å²) < 4.78 is 0. The Morgan fingerprint density at radius 2 is 1.90 bits per heavy atom. The number of aromatic amines is 1. The number of ketones is 2. The molecule has 0 unspecified atom stereocenters. The van der Waals surface area contributed by atoms with E-state index in [4.69, 9.17) is 5.11 Å². The van der Waals surface area contributed by atoms with E-state index in [1.54, 1.807) is 24.3 Å². The minimum absolute atomic E-state index is 0.0388. The number of Topliss-reactive ketones (excluding diaryl/α,β-unsaturated/α-hetero) is 2. The van der Waals surface area contributed by atoms with Crippen LogP contribution in [0.5, 0.6) is 0 Å². The fourth-order valence-corrected chi connectivity index (χ4v) is 2.08. The minimum atomic E-state index is -0.448. The molecule has 0 radical (unpaired) electrons. The third-order valence-electron chi connectivity index (χ3n) is 3.21. The van der Waals surface area contributed by atoms with Gasteiger partial charge < -0.3 is 10.1 Å². The zero-order valence-electron chi connectivity index (χ0n) is 12.0. The summed E-state index contributed by atoms with van der Waals surface area (Å²) in [7, 11) is 0. The summed E-state index contributed by atoms with van der Waals surface area (Å²) in [5.74, 6) is -0.0590. The van der Waals surface area contributed by atoms with Gasteiger partial charge in [0.05, 0.1) is 12.3 Å². The number of H-pyrrole nitrogens is 1. The van der Waals surface area contributed by atoms with Crippen LogP contribution in [0.4, 0.5) is 0 Å². The zero-order chi connectivity index (χ0) is 14.9. The average molecular weight is 273 g/mol. The van der Waals surface area contributed by atoms with E-state index in [1.165, 1.54) is 0 Å². The highest BCUT2D eigenvalue weighted by atomic mass is 16.3. The van der Waals surface area contributed by atoms with E-state index in [1.807, 2.05) is 20.8 Å². The van der Waals surface area contributed by atoms with E-state index >= 15 is 0 Å². The maximum Gasteiger partial charge on any atom is 0.184 e. The van der Waals surface area contributed by atoms with Crippen molar-refractivity contribution in [2.45, 2.75) is 27.2 Å². The first kappa shape index (κ1) is 14.5. The summed E-state index contributed by atoms with van der Waals surface area (Å²) in [4.78, 5) is 27.1. The zero-order valence-corrected chi connectivity index (χ0v) is 12.0. The molecule has 4 heteroatoms. The summed E-state index contributed by atoms with van der Waals surface area (Å²) in [6.07, 6.45) is 0.115. The molecule has 0 atom stereocenters. The van der Waals surface area contributed by atoms with Gasteiger partial charge in [-0.3, -0.25) is 9.59 Å². The third kappa shape index (κ3) is 2.80. The highest BCUT2D eigenvalue weighted by Crippen LogP contribution is 2.24. The van der Waals surface area contributed by atoms with Gasteiger partial charge in [-0.1, -0.05) is 20.8 Å². The van der Waals surface area contributed by atoms with E-state index in [2.05, 4.69) is 4.98 Å². The van der Waals surface area contributed by atoms with Crippen LogP contribution in [-0.2, 0) is 0 Å². The molecule has 0 aliphatic rings. The third-order valence-corrected chi connectivity index (χ3v) is 3.21. The number of hydrogen-bond acceptors (Lipinski definition) is 3. The van der Waals surface area contributed by atoms with Crippen LogP contribution in [0, 0.1) is 5.41 Å². The number of rotatable bonds is 4. The number of nitrogens with one attached hydrogen (secondary N) is 1. The number of carbonyl (C=O) groups excluding carboxylic acids is 2. The summed E-state index contributed by atoms with van der Waals surface area (Å²) >= 11 is 0. The molecule has 106 valence electrons. The molecule has 0 bridgehead atoms. The van der Waals surface area contributed by atoms with Crippen molar-refractivity contribution in [2.24, 2.45) is 5.41 Å². The van der Waals surface area contributed by atoms with E-state index in [0.29, 0.717) is 11.3 Å². The molecule has 0 aliphatic carbocycles. The Balaban J connectivity index is 2.40. The Bertz CT molecular complexity index is 662. The van der Waals surface area contributed by atoms with Gasteiger partial charge in [0, 0.05) is 28.3 Å². The molecule has 0 aliphatic heterocycles. The van der Waals surface area contributed by atoms with Crippen LogP contribution in [0.25, 0.3) is 10.9 Å². The van der Waals surface area contributed by atoms with Crippen molar-refractivity contribution >= 4 is 22.5 Å². The van der Waals surface area contributed by atoms with E-state index in [9.17, 15) is 9.59 Å². The monoisotopic (exact) mass is 273 g/mol. The topological polar surface area (TPSA) is 70.2 Å². The molecular weight excluding hydrogens is 254 g/mol. The Hall–Kier alpha value is -1.94. The molecule has 0 amide bonds. The largest absolute Gasteiger partial charge is 0.396 e. The molecule has 0 spiro atoms. The lowest BCUT2D eigenvalue weighted by Crippen LogP contribution is -2.20. The molecule has 1 aromatic carbocycles. The summed E-state index contributed by atoms with van der Waals surface area (Å²) in [6, 6.07) is 7.03. The number of aliphatic hydroxyl groups is 1. The maximum absolute atomic E-state index is 12.2. The first-order valence-electron chi connectivity index (χ1n) is 6.64. The molecule has 1 aromatic heterocycles. The van der Waals surface area contributed by atoms with Crippen molar-refractivity contribution in [3.63, 3.8) is 0 Å². The van der Waals surface area contributed by atoms with Crippen LogP contribution >= 0.6 is 0 Å². The summed E-state index contributed by atoms with van der Waals surface area (Å²) in [5.41, 5.74) is 1.49. The molecule has 2 rings (SSSR count). The first-order valence-corrected chi connectivity index (χ1v) is 6.64. The number of fused-ring (bicyclic) bond motifs is 1. The van der Waals surface area contributed by atoms with Crippen LogP contribution < -0.4 is 0 Å². The second-order valence-electron chi connectivity index (χ2n) is 5.96. The van der Waals surface area contributed by atoms with Gasteiger partial charge >= 0.3 is 0 Å². The van der Waals surface area contributed by atoms with Gasteiger partial charge in [-0.2, -0.15) is 0 Å². The Morgan fingerprint density at radius 3 is 2.50 bits per heavy atom. The fourth-order valence-electron chi connectivity index (χ4n) is 2.08. The molecule has 2 aromatic rings. The smallest absolute Gasteiger partial charge is 0.184 e. The van der Waals surface area contributed by atoms with E-state index in [0.717, 1.165) is 10.9 Å². The van der Waals surface area contributed by atoms with Gasteiger partial charge in [0.1, 0.15) is 0 Å². The summed E-state index contributed by atoms with van der Waals surface area (Å²) in [5, 5.41) is 9.64. The second-order valence-corrected chi connectivity index (χ2v) is 5.96. The van der Waals surface area contributed by atoms with E-state index < -0.39 is 5.41 Å². The standard InChI is InChI=1S/C16H19NO3/c1-16(2,3)15(20)13-9-11-8-10(14(19)6-7-18)4-5-12(11)17-13/h4-5,8-9,17-18H,6-7H2,1-3H3. The minimum Gasteiger partial charge on any atom is -0.396 e. The summed E-state index contributed by atoms with van der Waals surface area (Å²) in [6.45, 7) is 5.46. The number of aliphatic hydroxyl groups excluding tert-OH is 1. The SMILES string of the molecule is CC(C)(C)C(=O)c1cc2cc(C(=O)CCO)ccc2[nH]1. The predicted octanol–water partition coefficient (Wildman–Crippen LogP) is 2.96. The molecule has 20 heavy (non-hydrogen) atoms. The number of hydrogen-bond donors (Lipinski definition) is 2. The molecule has 0 fully saturated rings. The number of benzene rings is 1. The first-order chi connectivity index (χ1) is 9.32. The molecule has 0 saturated heterocycles. The lowest BCUT2D eigenvalue weighted by molar-refractivity contribution is 0.0853. The Labute approximate surface area is 117 Å². The maximum atomic E-state index is 12.2. The van der Waals surface area contributed by atoms with Crippen molar-refractivity contribution in [1.29, 1.82) is 0 Å². The highest BCUT2D eigenvalue weighted by Gasteiger charge is 2.24. The van der Waals surface area contributed by atoms with Gasteiger partial charge in [-0.15, -0.1) is 0 Å². The normalized spacial score (nSPS) is 11.8. The Morgan fingerprint density at radius 1 is 1.20 bits per heavy atom. The Kier molecular flexibility index (Phi) is 3.77. The van der Waals surface area contributed by atoms with E-state index in [-0.39, 0.29) is 24.6 Å². The average Bonchev–Trinajstić information content (AvgIpc) is 2.79. The predicted molar refractivity (Wildman–Crippen MR) is 78.1 cm³/mol. The van der Waals surface area contributed by atoms with Crippen molar-refractivity contribution in [3.8, 4) is 0 Å². The van der Waals surface area contributed by atoms with Crippen LogP contribution in [0.15, 0.2) is 24.3 Å². The molecule has 2 N–H and O–H groups in total. The van der Waals surface area contributed by atoms with Crippen molar-refractivity contribution < 1.29 is 14.7 Å². The quantitative estimate of drug-likeness (QED) is 0.841. The van der Waals surface area contributed by atoms with Crippen molar-refractivity contribution in [2.75, 3.05) is 6.61 Å². The fraction of sp³-hybridized carbons (Fsp3) is 0.375. The van der Waals surface area contributed by atoms with Gasteiger partial charge in [0.25, 0.3) is 0 Å². The molecule has 0 saturated carbocycles. The lowest BCUT2D eigenvalue weighted by atomic mass is 9.89. The van der Waals surface area contributed by atoms with Crippen LogP contribution in [0.3, 0.4) is 0 Å². The van der Waals surface area contributed by atoms with Gasteiger partial charge in [-0.25, -0.2) is 0 Å². The number of aromatic nitrogens is 1. The van der Waals surface area contributed by atoms with Crippen LogP contribution in [-0.4, -0.2) is 28.3 Å². The van der Waals surface area contributed by atoms with Crippen molar-refractivity contribution in [3.05, 3.63) is 35.5 Å².